The van der Waals surface area contributed by atoms with Gasteiger partial charge >= 0.3 is 5.97 Å². The molecule has 0 fully saturated rings. The van der Waals surface area contributed by atoms with Crippen molar-refractivity contribution in [1.82, 2.24) is 9.97 Å². The van der Waals surface area contributed by atoms with Gasteiger partial charge in [-0.2, -0.15) is 0 Å². The van der Waals surface area contributed by atoms with Crippen molar-refractivity contribution < 1.29 is 9.90 Å². The lowest BCUT2D eigenvalue weighted by Crippen LogP contribution is -2.11. The Morgan fingerprint density at radius 3 is 2.50 bits per heavy atom. The molecule has 1 aromatic heterocycles. The van der Waals surface area contributed by atoms with Crippen LogP contribution in [0.15, 0.2) is 12.4 Å². The predicted octanol–water partition coefficient (Wildman–Crippen LogP) is 1.24. The summed E-state index contributed by atoms with van der Waals surface area (Å²) >= 11 is 0. The summed E-state index contributed by atoms with van der Waals surface area (Å²) in [7, 11) is 0. The summed E-state index contributed by atoms with van der Waals surface area (Å²) in [5, 5.41) is 11.6. The van der Waals surface area contributed by atoms with Gasteiger partial charge < -0.3 is 10.4 Å². The van der Waals surface area contributed by atoms with Gasteiger partial charge in [-0.05, 0) is 5.92 Å². The molecule has 0 aliphatic rings. The molecule has 1 aromatic rings. The zero-order chi connectivity index (χ0) is 10.6. The Morgan fingerprint density at radius 1 is 1.50 bits per heavy atom. The molecule has 0 saturated carbocycles. The Labute approximate surface area is 82.2 Å². The first-order chi connectivity index (χ1) is 6.59. The number of hydrogen-bond acceptors (Lipinski definition) is 4. The molecule has 0 atom stereocenters. The molecular formula is C9H13N3O2. The first-order valence-corrected chi connectivity index (χ1v) is 4.39. The number of anilines is 1. The van der Waals surface area contributed by atoms with Crippen molar-refractivity contribution in [1.29, 1.82) is 0 Å². The molecule has 1 heterocycles. The van der Waals surface area contributed by atoms with Crippen molar-refractivity contribution >= 4 is 11.9 Å². The van der Waals surface area contributed by atoms with Crippen LogP contribution in [0.4, 0.5) is 5.95 Å². The second-order valence-corrected chi connectivity index (χ2v) is 3.38. The number of aromatic nitrogens is 2. The lowest BCUT2D eigenvalue weighted by Gasteiger charge is -2.06. The smallest absolute Gasteiger partial charge is 0.338 e. The minimum atomic E-state index is -1.01. The number of rotatable bonds is 4. The SMILES string of the molecule is CC(C)CNc1ncc(C(=O)O)cn1. The van der Waals surface area contributed by atoms with E-state index in [1.165, 1.54) is 12.4 Å². The first kappa shape index (κ1) is 10.4. The van der Waals surface area contributed by atoms with E-state index in [2.05, 4.69) is 29.1 Å². The highest BCUT2D eigenvalue weighted by Crippen LogP contribution is 2.01. The van der Waals surface area contributed by atoms with Crippen LogP contribution in [0.3, 0.4) is 0 Å². The van der Waals surface area contributed by atoms with Crippen LogP contribution < -0.4 is 5.32 Å². The van der Waals surface area contributed by atoms with E-state index >= 15 is 0 Å². The summed E-state index contributed by atoms with van der Waals surface area (Å²) in [6.45, 7) is 4.91. The minimum Gasteiger partial charge on any atom is -0.478 e. The van der Waals surface area contributed by atoms with E-state index < -0.39 is 5.97 Å². The van der Waals surface area contributed by atoms with Gasteiger partial charge in [0.05, 0.1) is 5.56 Å². The van der Waals surface area contributed by atoms with Gasteiger partial charge in [0, 0.05) is 18.9 Å². The Balaban J connectivity index is 2.60. The lowest BCUT2D eigenvalue weighted by atomic mass is 10.2. The average molecular weight is 195 g/mol. The van der Waals surface area contributed by atoms with E-state index in [1.54, 1.807) is 0 Å². The number of carboxylic acid groups (broad SMARTS) is 1. The van der Waals surface area contributed by atoms with Gasteiger partial charge in [-0.1, -0.05) is 13.8 Å². The van der Waals surface area contributed by atoms with Crippen LogP contribution in [0, 0.1) is 5.92 Å². The molecule has 0 amide bonds. The van der Waals surface area contributed by atoms with E-state index in [0.29, 0.717) is 11.9 Å². The van der Waals surface area contributed by atoms with Gasteiger partial charge in [-0.25, -0.2) is 14.8 Å². The van der Waals surface area contributed by atoms with E-state index in [0.717, 1.165) is 6.54 Å². The molecule has 0 unspecified atom stereocenters. The van der Waals surface area contributed by atoms with E-state index in [1.807, 2.05) is 0 Å². The standard InChI is InChI=1S/C9H13N3O2/c1-6(2)3-10-9-11-4-7(5-12-9)8(13)14/h4-6H,3H2,1-2H3,(H,13,14)(H,10,11,12). The van der Waals surface area contributed by atoms with Crippen molar-refractivity contribution in [2.75, 3.05) is 11.9 Å². The summed E-state index contributed by atoms with van der Waals surface area (Å²) in [6.07, 6.45) is 2.58. The number of nitrogens with zero attached hydrogens (tertiary/aromatic N) is 2. The van der Waals surface area contributed by atoms with Crippen LogP contribution in [0.5, 0.6) is 0 Å². The van der Waals surface area contributed by atoms with Gasteiger partial charge in [0.15, 0.2) is 0 Å². The fourth-order valence-corrected chi connectivity index (χ4v) is 0.825. The summed E-state index contributed by atoms with van der Waals surface area (Å²) in [4.78, 5) is 18.2. The molecule has 0 aromatic carbocycles. The Morgan fingerprint density at radius 2 is 2.07 bits per heavy atom. The molecule has 0 aliphatic carbocycles. The van der Waals surface area contributed by atoms with Crippen molar-refractivity contribution in [3.8, 4) is 0 Å². The first-order valence-electron chi connectivity index (χ1n) is 4.39. The molecular weight excluding hydrogens is 182 g/mol. The largest absolute Gasteiger partial charge is 0.478 e. The third-order valence-corrected chi connectivity index (χ3v) is 1.57. The fraction of sp³-hybridized carbons (Fsp3) is 0.444. The van der Waals surface area contributed by atoms with Crippen LogP contribution in [0.1, 0.15) is 24.2 Å². The molecule has 0 aliphatic heterocycles. The number of nitrogens with one attached hydrogen (secondary N) is 1. The fourth-order valence-electron chi connectivity index (χ4n) is 0.825. The Kier molecular flexibility index (Phi) is 3.39. The molecule has 0 radical (unpaired) electrons. The number of aromatic carboxylic acids is 1. The van der Waals surface area contributed by atoms with Gasteiger partial charge in [0.2, 0.25) is 5.95 Å². The second-order valence-electron chi connectivity index (χ2n) is 3.38. The van der Waals surface area contributed by atoms with Crippen molar-refractivity contribution in [2.24, 2.45) is 5.92 Å². The van der Waals surface area contributed by atoms with Crippen LogP contribution in [0.25, 0.3) is 0 Å². The van der Waals surface area contributed by atoms with Gasteiger partial charge in [0.1, 0.15) is 0 Å². The zero-order valence-corrected chi connectivity index (χ0v) is 8.19. The quantitative estimate of drug-likeness (QED) is 0.756. The van der Waals surface area contributed by atoms with Crippen molar-refractivity contribution in [2.45, 2.75) is 13.8 Å². The van der Waals surface area contributed by atoms with E-state index in [-0.39, 0.29) is 5.56 Å². The molecule has 5 heteroatoms. The minimum absolute atomic E-state index is 0.0973. The number of carboxylic acids is 1. The molecule has 76 valence electrons. The summed E-state index contributed by atoms with van der Waals surface area (Å²) in [5.41, 5.74) is 0.0973. The maximum atomic E-state index is 10.5. The van der Waals surface area contributed by atoms with Gasteiger partial charge in [-0.3, -0.25) is 0 Å². The van der Waals surface area contributed by atoms with Crippen LogP contribution in [-0.2, 0) is 0 Å². The maximum Gasteiger partial charge on any atom is 0.338 e. The Bertz CT molecular complexity index is 308. The van der Waals surface area contributed by atoms with Gasteiger partial charge in [0.25, 0.3) is 0 Å². The number of carbonyl (C=O) groups is 1. The summed E-state index contributed by atoms with van der Waals surface area (Å²) in [6, 6.07) is 0. The highest BCUT2D eigenvalue weighted by atomic mass is 16.4. The summed E-state index contributed by atoms with van der Waals surface area (Å²) in [5.74, 6) is -0.0538. The highest BCUT2D eigenvalue weighted by Gasteiger charge is 2.03. The topological polar surface area (TPSA) is 75.1 Å². The lowest BCUT2D eigenvalue weighted by molar-refractivity contribution is 0.0696. The average Bonchev–Trinajstić information content (AvgIpc) is 2.15. The molecule has 5 nitrogen and oxygen atoms in total. The third-order valence-electron chi connectivity index (χ3n) is 1.57. The molecule has 0 bridgehead atoms. The summed E-state index contributed by atoms with van der Waals surface area (Å²) < 4.78 is 0. The zero-order valence-electron chi connectivity index (χ0n) is 8.19. The van der Waals surface area contributed by atoms with E-state index in [9.17, 15) is 4.79 Å². The van der Waals surface area contributed by atoms with Crippen LogP contribution in [0.2, 0.25) is 0 Å². The monoisotopic (exact) mass is 195 g/mol. The molecule has 2 N–H and O–H groups in total. The van der Waals surface area contributed by atoms with Crippen molar-refractivity contribution in [3.63, 3.8) is 0 Å². The predicted molar refractivity (Wildman–Crippen MR) is 52.3 cm³/mol. The molecule has 0 saturated heterocycles. The van der Waals surface area contributed by atoms with E-state index in [4.69, 9.17) is 5.11 Å². The molecule has 1 rings (SSSR count). The maximum absolute atomic E-state index is 10.5. The highest BCUT2D eigenvalue weighted by molar-refractivity contribution is 5.86. The van der Waals surface area contributed by atoms with Crippen molar-refractivity contribution in [3.05, 3.63) is 18.0 Å². The second kappa shape index (κ2) is 4.55. The normalized spacial score (nSPS) is 10.2. The van der Waals surface area contributed by atoms with Gasteiger partial charge in [-0.15, -0.1) is 0 Å². The third kappa shape index (κ3) is 3.01. The molecule has 14 heavy (non-hydrogen) atoms. The Hall–Kier alpha value is -1.65. The number of hydrogen-bond donors (Lipinski definition) is 2. The van der Waals surface area contributed by atoms with Crippen LogP contribution in [-0.4, -0.2) is 27.6 Å². The van der Waals surface area contributed by atoms with Crippen LogP contribution >= 0.6 is 0 Å². The molecule has 0 spiro atoms.